The number of phenols is 1. The third-order valence-corrected chi connectivity index (χ3v) is 24.9. The van der Waals surface area contributed by atoms with Gasteiger partial charge in [0, 0.05) is 58.9 Å². The van der Waals surface area contributed by atoms with E-state index in [1.807, 2.05) is 232 Å². The van der Waals surface area contributed by atoms with Crippen molar-refractivity contribution in [3.63, 3.8) is 0 Å². The Hall–Kier alpha value is -6.17. The first-order chi connectivity index (χ1) is 67.7. The van der Waals surface area contributed by atoms with E-state index in [0.717, 1.165) is 104 Å². The quantitative estimate of drug-likeness (QED) is 0.00433. The number of benzene rings is 8. The average Bonchev–Trinajstić information content (AvgIpc) is 1.69. The summed E-state index contributed by atoms with van der Waals surface area (Å²) in [6.45, 7) is 41.1. The zero-order chi connectivity index (χ0) is 109. The van der Waals surface area contributed by atoms with Crippen LogP contribution in [0, 0.1) is 54.0 Å². The Bertz CT molecular complexity index is 6100. The van der Waals surface area contributed by atoms with Crippen molar-refractivity contribution in [1.29, 1.82) is 5.53 Å². The van der Waals surface area contributed by atoms with Gasteiger partial charge < -0.3 is 106 Å². The van der Waals surface area contributed by atoms with Gasteiger partial charge in [-0.15, -0.1) is 0 Å². The van der Waals surface area contributed by atoms with Gasteiger partial charge in [0.25, 0.3) is 0 Å². The smallest absolute Gasteiger partial charge is 1.00 e. The number of aliphatic hydroxyl groups is 2. The molecule has 13 rings (SSSR count). The number of ether oxygens (including phenoxy) is 6. The van der Waals surface area contributed by atoms with Gasteiger partial charge in [0.15, 0.2) is 47.8 Å². The molecule has 0 unspecified atom stereocenters. The van der Waals surface area contributed by atoms with E-state index in [2.05, 4.69) is 140 Å². The SMILES string of the molecule is CC(C)(C)[S@@](N)=O.CCOC(CBr)OCC.CCOC(COc1cc(C)ccc1Br)OCC.COc1ccc(C=O)cc1.Cc1ccc(Br)c(O)c1.Cc1cccc2oc(B(O)O)cc12.Cc1cccc2oc([C@@H](CO)N[S@@](=O)C(C)(C)C)cc12.Cc1cccc2oc([C@H](N[S@@](=O)C(C)(C)C)C(=O)O)cc12.Cc1cccc2oc([C@H]([NH3+])CO)cc12.Cc1cccc2occc12.N=NN=NCl.O=CC(=O)O.[AlH3].[Br][In]([Br])[Br].[Cl-].[H-].[Li+]. The number of rotatable bonds is 27. The normalized spacial score (nSPS) is 11.8. The number of carboxylic acid groups (broad SMARTS) is 2. The molecule has 0 radical (unpaired) electrons. The number of aryl methyl sites for hydroxylation is 7. The van der Waals surface area contributed by atoms with Gasteiger partial charge in [-0.2, -0.15) is 5.53 Å². The van der Waals surface area contributed by atoms with Crippen LogP contribution in [0.1, 0.15) is 176 Å². The van der Waals surface area contributed by atoms with E-state index in [1.54, 1.807) is 88.7 Å². The molecule has 806 valence electrons. The number of aliphatic carboxylic acids is 2. The van der Waals surface area contributed by atoms with Gasteiger partial charge >= 0.3 is 89.3 Å². The summed E-state index contributed by atoms with van der Waals surface area (Å²) in [7, 11) is -3.90. The van der Waals surface area contributed by atoms with Gasteiger partial charge in [0.05, 0.1) is 93.2 Å². The number of carbonyl (C=O) groups is 4. The number of aliphatic hydroxyl groups excluding tert-OH is 2. The zero-order valence-corrected chi connectivity index (χ0v) is 102. The molecule has 0 aliphatic heterocycles. The Morgan fingerprint density at radius 3 is 1.31 bits per heavy atom. The van der Waals surface area contributed by atoms with Crippen molar-refractivity contribution in [2.75, 3.05) is 58.7 Å². The molecule has 0 aliphatic rings. The van der Waals surface area contributed by atoms with Crippen molar-refractivity contribution < 1.29 is 156 Å². The number of alkyl halides is 1. The summed E-state index contributed by atoms with van der Waals surface area (Å²) < 4.78 is 102. The summed E-state index contributed by atoms with van der Waals surface area (Å²) >= 11 is 23.2. The van der Waals surface area contributed by atoms with Crippen molar-refractivity contribution in [2.24, 2.45) is 20.2 Å². The van der Waals surface area contributed by atoms with Crippen molar-refractivity contribution in [1.82, 2.24) is 9.44 Å². The predicted molar refractivity (Wildman–Crippen MR) is 606 cm³/mol. The van der Waals surface area contributed by atoms with Gasteiger partial charge in [-0.25, -0.2) is 31.7 Å². The Balaban J connectivity index is -0.000000775. The first kappa shape index (κ1) is 145. The van der Waals surface area contributed by atoms with Crippen LogP contribution in [0.5, 0.6) is 17.2 Å². The molecule has 147 heavy (non-hydrogen) atoms. The summed E-state index contributed by atoms with van der Waals surface area (Å²) in [5.41, 5.74) is 22.3. The summed E-state index contributed by atoms with van der Waals surface area (Å²) in [4.78, 5) is 39.5. The first-order valence-corrected chi connectivity index (χ1v) is 73.0. The molecule has 0 saturated heterocycles. The number of quaternary nitrogens is 1. The molecular formula is C99H136AlBBr6Cl2InLiN8O25S3. The number of phenolic OH excluding ortho intramolecular Hbond substituents is 1. The molecule has 13 aromatic rings. The summed E-state index contributed by atoms with van der Waals surface area (Å²) in [6.07, 6.45) is 1.98. The maximum Gasteiger partial charge on any atom is 1.00 e. The minimum absolute atomic E-state index is 0. The van der Waals surface area contributed by atoms with E-state index in [9.17, 15) is 32.4 Å². The summed E-state index contributed by atoms with van der Waals surface area (Å²) in [5.74, 6) is 0.944. The Labute approximate surface area is 953 Å². The van der Waals surface area contributed by atoms with Crippen molar-refractivity contribution in [3.05, 3.63) is 259 Å². The van der Waals surface area contributed by atoms with Crippen LogP contribution in [0.2, 0.25) is 0 Å². The van der Waals surface area contributed by atoms with Crippen LogP contribution in [-0.4, -0.2) is 197 Å². The maximum atomic E-state index is 12.1. The number of aldehydes is 2. The molecule has 0 amide bonds. The summed E-state index contributed by atoms with van der Waals surface area (Å²) in [6, 6.07) is 54.8. The molecule has 0 spiro atoms. The Kier molecular flexibility index (Phi) is 77.0. The molecule has 8 aromatic carbocycles. The largest absolute Gasteiger partial charge is 1.00 e. The van der Waals surface area contributed by atoms with Crippen LogP contribution < -0.4 is 66.7 Å². The number of aromatic hydroxyl groups is 1. The molecular weight excluding hydrogens is 2510 g/mol. The number of halogens is 8. The molecule has 15 N–H and O–H groups in total. The Morgan fingerprint density at radius 2 is 0.966 bits per heavy atom. The van der Waals surface area contributed by atoms with E-state index in [1.165, 1.54) is 16.5 Å². The van der Waals surface area contributed by atoms with Crippen LogP contribution in [0.15, 0.2) is 234 Å². The van der Waals surface area contributed by atoms with E-state index in [0.29, 0.717) is 61.3 Å². The third-order valence-electron chi connectivity index (χ3n) is 18.6. The number of fused-ring (bicyclic) bond motifs is 5. The fourth-order valence-corrected chi connectivity index (χ4v) is 13.6. The fourth-order valence-electron chi connectivity index (χ4n) is 11.0. The standard InChI is InChI=1S/C15H19NO4S.C15H21NO3S.C13H19BrO3.C11H13NO2.C9H9BO3.C9H8O.C8H8O2.C7H7BrO.C6H13BrO2.C4H11NOS.C2H2O3.Al.3BrH.ClHN4.ClH.In.Li.4H/c1-9-6-5-7-11-10(9)8-12(20-11)13(14(17)18)16-21(19)15(2,3)4;1-10-6-5-7-13-11(10)8-14(19-13)12(9-17)16-20(18)15(2,3)4;1-4-15-13(16-5-2)9-17-12-8-10(3)6-7-11(12)14;1-7-3-2-4-10-8(7)5-11(14-10)9(12)6-13;1-6-3-2-4-8-7(6)5-9(13-8)10(11)12;1-7-3-2-4-9-8(7)5-6-10-9;1-10-8-4-2-7(6-9)3-5-8;1-5-2-3-6(8)7(9)4-5;1-3-8-6(5-7)9-4-2;1-4(2,3)7(5)6;3-1-2(4)5;;;;;1-3-5-4-2;;;;;;;/h5-8,13,16H,1-4H3,(H,17,18);5-8,12,16-17H,9H2,1-4H3;6-8,13H,4-5,9H2,1-3H3;2-5,9,13H,6,12H2,1H3;2-5,11-12H,1H3;2*2-6H,1H3;2-4,9H,1H3;6H,3-5H2,1-2H3;5H2,1-3H3;1H,(H,4,5);;3*1H;2H;1H;;;;;;/q;;;;;;;;;;;;;;;;;+3;+1;;;;-1/p-3/t13-,21-;12-,20+;;9-;;;;;;7-;;;;;;;;;;;;;/m01.1.....0............./s1. The Morgan fingerprint density at radius 1 is 0.578 bits per heavy atom. The second kappa shape index (κ2) is 78.0. The van der Waals surface area contributed by atoms with Crippen LogP contribution >= 0.6 is 96.5 Å². The number of carbonyl (C=O) groups excluding carboxylic acids is 2. The number of nitrogens with two attached hydrogens (primary N) is 1. The number of hydrogen-bond acceptors (Lipinski definition) is 25. The molecule has 0 saturated carbocycles. The number of carboxylic acids is 2. The topological polar surface area (TPSA) is 521 Å². The maximum absolute atomic E-state index is 12.1. The number of nitrogens with one attached hydrogen (secondary N) is 3. The molecule has 0 bridgehead atoms. The minimum Gasteiger partial charge on any atom is -1.00 e. The minimum atomic E-state index is -1.54. The van der Waals surface area contributed by atoms with Gasteiger partial charge in [0.2, 0.25) is 6.29 Å². The summed E-state index contributed by atoms with van der Waals surface area (Å²) in [5, 5.41) is 78.0. The zero-order valence-electron chi connectivity index (χ0n) is 86.6. The fraction of sp³-hybridized carbons (Fsp3) is 0.374. The molecule has 48 heteroatoms. The molecule has 6 atom stereocenters. The van der Waals surface area contributed by atoms with Gasteiger partial charge in [-0.05, 0) is 329 Å². The number of furan rings is 5. The van der Waals surface area contributed by atoms with Gasteiger partial charge in [-0.3, -0.25) is 14.7 Å². The third kappa shape index (κ3) is 57.6. The van der Waals surface area contributed by atoms with Crippen LogP contribution in [0.25, 0.3) is 54.8 Å². The average molecular weight is 2640 g/mol. The second-order valence-corrected chi connectivity index (χ2v) is 85.9. The van der Waals surface area contributed by atoms with E-state index < -0.39 is 88.0 Å². The van der Waals surface area contributed by atoms with Crippen molar-refractivity contribution >= 4 is 253 Å². The molecule has 5 aromatic heterocycles. The first-order valence-electron chi connectivity index (χ1n) is 44.2. The number of nitrogens with zero attached hydrogens (tertiary/aromatic N) is 3. The number of methoxy groups -OCH3 is 1. The van der Waals surface area contributed by atoms with Gasteiger partial charge in [-0.1, -0.05) is 93.4 Å². The molecule has 33 nitrogen and oxygen atoms in total. The van der Waals surface area contributed by atoms with Crippen molar-refractivity contribution in [2.45, 2.75) is 183 Å². The van der Waals surface area contributed by atoms with Crippen LogP contribution in [-0.2, 0) is 66.3 Å². The molecule has 0 fully saturated rings. The monoisotopic (exact) mass is 2640 g/mol. The van der Waals surface area contributed by atoms with E-state index in [4.69, 9.17) is 96.1 Å². The second-order valence-electron chi connectivity index (χ2n) is 33.0. The van der Waals surface area contributed by atoms with E-state index in [-0.39, 0.29) is 104 Å². The van der Waals surface area contributed by atoms with Crippen LogP contribution in [0.3, 0.4) is 0 Å². The van der Waals surface area contributed by atoms with Crippen molar-refractivity contribution in [3.8, 4) is 17.2 Å². The molecule has 5 heterocycles. The number of hydrogen-bond donors (Lipinski definition) is 12. The molecule has 0 aliphatic carbocycles. The van der Waals surface area contributed by atoms with Crippen LogP contribution in [0.4, 0.5) is 0 Å². The van der Waals surface area contributed by atoms with E-state index >= 15 is 0 Å². The van der Waals surface area contributed by atoms with Gasteiger partial charge in [0.1, 0.15) is 87.9 Å². The predicted octanol–water partition coefficient (Wildman–Crippen LogP) is 15.5.